The molecule has 2 unspecified atom stereocenters. The number of hydrogen-bond acceptors (Lipinski definition) is 3. The molecule has 0 spiro atoms. The van der Waals surface area contributed by atoms with Gasteiger partial charge in [-0.15, -0.1) is 0 Å². The second-order valence-corrected chi connectivity index (χ2v) is 6.18. The summed E-state index contributed by atoms with van der Waals surface area (Å²) in [5.74, 6) is 1.33. The number of methoxy groups -OCH3 is 1. The van der Waals surface area contributed by atoms with Crippen LogP contribution in [0, 0.1) is 5.92 Å². The van der Waals surface area contributed by atoms with Crippen LogP contribution in [0.3, 0.4) is 0 Å². The molecule has 1 saturated carbocycles. The Balaban J connectivity index is 1.70. The van der Waals surface area contributed by atoms with Crippen LogP contribution in [0.4, 0.5) is 0 Å². The zero-order valence-corrected chi connectivity index (χ0v) is 12.8. The predicted octanol–water partition coefficient (Wildman–Crippen LogP) is 2.18. The summed E-state index contributed by atoms with van der Waals surface area (Å²) in [6, 6.07) is 8.78. The van der Waals surface area contributed by atoms with Gasteiger partial charge in [0.1, 0.15) is 5.75 Å². The van der Waals surface area contributed by atoms with E-state index in [1.165, 1.54) is 5.56 Å². The summed E-state index contributed by atoms with van der Waals surface area (Å²) in [6.07, 6.45) is 3.26. The summed E-state index contributed by atoms with van der Waals surface area (Å²) >= 11 is 0. The Morgan fingerprint density at radius 1 is 1.29 bits per heavy atom. The standard InChI is InChI=1S/C17H24N2O2/c1-12-16(9-10-18-12)17(20)19(14-5-6-14)11-13-3-7-15(21-2)8-4-13/h3-4,7-8,12,14,16,18H,5-6,9-11H2,1-2H3. The van der Waals surface area contributed by atoms with Gasteiger partial charge in [0, 0.05) is 18.6 Å². The second kappa shape index (κ2) is 6.06. The molecule has 2 atom stereocenters. The van der Waals surface area contributed by atoms with Crippen molar-refractivity contribution in [3.8, 4) is 5.75 Å². The average molecular weight is 288 g/mol. The highest BCUT2D eigenvalue weighted by Crippen LogP contribution is 2.32. The lowest BCUT2D eigenvalue weighted by Crippen LogP contribution is -2.41. The van der Waals surface area contributed by atoms with E-state index in [1.807, 2.05) is 12.1 Å². The molecule has 1 aliphatic heterocycles. The predicted molar refractivity (Wildman–Crippen MR) is 82.1 cm³/mol. The van der Waals surface area contributed by atoms with E-state index in [9.17, 15) is 4.79 Å². The first kappa shape index (κ1) is 14.4. The Morgan fingerprint density at radius 3 is 2.52 bits per heavy atom. The molecule has 1 N–H and O–H groups in total. The number of rotatable bonds is 5. The molecule has 1 heterocycles. The molecule has 0 aromatic heterocycles. The highest BCUT2D eigenvalue weighted by Gasteiger charge is 2.39. The number of nitrogens with zero attached hydrogens (tertiary/aromatic N) is 1. The van der Waals surface area contributed by atoms with Crippen LogP contribution >= 0.6 is 0 Å². The molecule has 3 rings (SSSR count). The second-order valence-electron chi connectivity index (χ2n) is 6.18. The van der Waals surface area contributed by atoms with Gasteiger partial charge in [0.15, 0.2) is 0 Å². The lowest BCUT2D eigenvalue weighted by molar-refractivity contribution is -0.137. The summed E-state index contributed by atoms with van der Waals surface area (Å²) in [6.45, 7) is 3.79. The molecule has 1 aromatic carbocycles. The van der Waals surface area contributed by atoms with Gasteiger partial charge >= 0.3 is 0 Å². The molecular formula is C17H24N2O2. The lowest BCUT2D eigenvalue weighted by Gasteiger charge is -2.27. The van der Waals surface area contributed by atoms with E-state index in [2.05, 4.69) is 29.3 Å². The molecule has 1 amide bonds. The molecular weight excluding hydrogens is 264 g/mol. The van der Waals surface area contributed by atoms with Crippen LogP contribution in [-0.2, 0) is 11.3 Å². The number of carbonyl (C=O) groups excluding carboxylic acids is 1. The largest absolute Gasteiger partial charge is 0.497 e. The molecule has 2 fully saturated rings. The zero-order chi connectivity index (χ0) is 14.8. The van der Waals surface area contributed by atoms with E-state index >= 15 is 0 Å². The van der Waals surface area contributed by atoms with Gasteiger partial charge in [0.25, 0.3) is 0 Å². The van der Waals surface area contributed by atoms with Crippen molar-refractivity contribution < 1.29 is 9.53 Å². The first-order valence-corrected chi connectivity index (χ1v) is 7.86. The van der Waals surface area contributed by atoms with Gasteiger partial charge < -0.3 is 15.0 Å². The van der Waals surface area contributed by atoms with Crippen LogP contribution in [0.15, 0.2) is 24.3 Å². The zero-order valence-electron chi connectivity index (χ0n) is 12.8. The van der Waals surface area contributed by atoms with Crippen molar-refractivity contribution in [2.45, 2.75) is 44.8 Å². The number of hydrogen-bond donors (Lipinski definition) is 1. The van der Waals surface area contributed by atoms with E-state index < -0.39 is 0 Å². The summed E-state index contributed by atoms with van der Waals surface area (Å²) in [4.78, 5) is 14.9. The fourth-order valence-corrected chi connectivity index (χ4v) is 3.11. The fourth-order valence-electron chi connectivity index (χ4n) is 3.11. The minimum atomic E-state index is 0.142. The fraction of sp³-hybridized carbons (Fsp3) is 0.588. The molecule has 1 aromatic rings. The van der Waals surface area contributed by atoms with Crippen molar-refractivity contribution in [2.24, 2.45) is 5.92 Å². The molecule has 2 aliphatic rings. The Morgan fingerprint density at radius 2 is 2.00 bits per heavy atom. The normalized spacial score (nSPS) is 24.9. The maximum Gasteiger partial charge on any atom is 0.227 e. The van der Waals surface area contributed by atoms with Gasteiger partial charge in [0.2, 0.25) is 5.91 Å². The van der Waals surface area contributed by atoms with Crippen LogP contribution in [0.1, 0.15) is 31.7 Å². The molecule has 21 heavy (non-hydrogen) atoms. The number of carbonyl (C=O) groups is 1. The Labute approximate surface area is 126 Å². The molecule has 4 heteroatoms. The molecule has 0 bridgehead atoms. The van der Waals surface area contributed by atoms with Crippen molar-refractivity contribution in [3.63, 3.8) is 0 Å². The maximum atomic E-state index is 12.8. The number of amides is 1. The van der Waals surface area contributed by atoms with Gasteiger partial charge in [-0.25, -0.2) is 0 Å². The Kier molecular flexibility index (Phi) is 4.15. The molecule has 114 valence electrons. The van der Waals surface area contributed by atoms with Gasteiger partial charge in [0.05, 0.1) is 13.0 Å². The van der Waals surface area contributed by atoms with Crippen molar-refractivity contribution in [3.05, 3.63) is 29.8 Å². The van der Waals surface area contributed by atoms with Crippen molar-refractivity contribution in [2.75, 3.05) is 13.7 Å². The van der Waals surface area contributed by atoms with Crippen molar-refractivity contribution >= 4 is 5.91 Å². The average Bonchev–Trinajstić information content (AvgIpc) is 3.26. The number of nitrogens with one attached hydrogen (secondary N) is 1. The van der Waals surface area contributed by atoms with Crippen LogP contribution in [0.5, 0.6) is 5.75 Å². The third-order valence-corrected chi connectivity index (χ3v) is 4.63. The van der Waals surface area contributed by atoms with Gasteiger partial charge in [-0.3, -0.25) is 4.79 Å². The van der Waals surface area contributed by atoms with Crippen molar-refractivity contribution in [1.29, 1.82) is 0 Å². The maximum absolute atomic E-state index is 12.8. The highest BCUT2D eigenvalue weighted by atomic mass is 16.5. The first-order valence-electron chi connectivity index (χ1n) is 7.86. The van der Waals surface area contributed by atoms with Crippen LogP contribution in [0.25, 0.3) is 0 Å². The first-order chi connectivity index (χ1) is 10.2. The van der Waals surface area contributed by atoms with E-state index in [4.69, 9.17) is 4.74 Å². The minimum Gasteiger partial charge on any atom is -0.497 e. The molecule has 4 nitrogen and oxygen atoms in total. The Hall–Kier alpha value is -1.55. The minimum absolute atomic E-state index is 0.142. The quantitative estimate of drug-likeness (QED) is 0.903. The van der Waals surface area contributed by atoms with E-state index in [-0.39, 0.29) is 5.92 Å². The van der Waals surface area contributed by atoms with E-state index in [1.54, 1.807) is 7.11 Å². The van der Waals surface area contributed by atoms with E-state index in [0.717, 1.165) is 38.1 Å². The summed E-state index contributed by atoms with van der Waals surface area (Å²) in [7, 11) is 1.67. The summed E-state index contributed by atoms with van der Waals surface area (Å²) < 4.78 is 5.19. The highest BCUT2D eigenvalue weighted by molar-refractivity contribution is 5.80. The van der Waals surface area contributed by atoms with Gasteiger partial charge in [-0.1, -0.05) is 12.1 Å². The molecule has 1 saturated heterocycles. The van der Waals surface area contributed by atoms with E-state index in [0.29, 0.717) is 18.0 Å². The van der Waals surface area contributed by atoms with Crippen LogP contribution < -0.4 is 10.1 Å². The lowest BCUT2D eigenvalue weighted by atomic mass is 10.00. The third-order valence-electron chi connectivity index (χ3n) is 4.63. The van der Waals surface area contributed by atoms with Gasteiger partial charge in [-0.05, 0) is 50.4 Å². The molecule has 0 radical (unpaired) electrons. The van der Waals surface area contributed by atoms with Gasteiger partial charge in [-0.2, -0.15) is 0 Å². The number of benzene rings is 1. The summed E-state index contributed by atoms with van der Waals surface area (Å²) in [5, 5.41) is 3.38. The topological polar surface area (TPSA) is 41.6 Å². The SMILES string of the molecule is COc1ccc(CN(C(=O)C2CCNC2C)C2CC2)cc1. The Bertz CT molecular complexity index is 496. The smallest absolute Gasteiger partial charge is 0.227 e. The van der Waals surface area contributed by atoms with Crippen molar-refractivity contribution in [1.82, 2.24) is 10.2 Å². The number of ether oxygens (including phenoxy) is 1. The molecule has 1 aliphatic carbocycles. The van der Waals surface area contributed by atoms with Crippen LogP contribution in [-0.4, -0.2) is 36.5 Å². The van der Waals surface area contributed by atoms with Crippen LogP contribution in [0.2, 0.25) is 0 Å². The monoisotopic (exact) mass is 288 g/mol. The third kappa shape index (κ3) is 3.21. The summed E-state index contributed by atoms with van der Waals surface area (Å²) in [5.41, 5.74) is 1.18.